The molecule has 0 amide bonds. The summed E-state index contributed by atoms with van der Waals surface area (Å²) in [4.78, 5) is 14.8. The second-order valence-corrected chi connectivity index (χ2v) is 2.88. The molecule has 0 unspecified atom stereocenters. The zero-order chi connectivity index (χ0) is 9.42. The van der Waals surface area contributed by atoms with E-state index in [4.69, 9.17) is 5.11 Å². The van der Waals surface area contributed by atoms with E-state index < -0.39 is 5.97 Å². The van der Waals surface area contributed by atoms with Gasteiger partial charge in [-0.3, -0.25) is 4.40 Å². The van der Waals surface area contributed by atoms with Crippen molar-refractivity contribution in [2.45, 2.75) is 6.92 Å². The lowest BCUT2D eigenvalue weighted by Crippen LogP contribution is -2.04. The predicted octanol–water partition coefficient (Wildman–Crippen LogP) is 1.34. The minimum Gasteiger partial charge on any atom is -0.477 e. The number of carboxylic acids is 1. The fraction of sp³-hybridized carbons (Fsp3) is 0.111. The Balaban J connectivity index is 2.84. The van der Waals surface area contributed by atoms with E-state index in [2.05, 4.69) is 4.98 Å². The molecule has 0 saturated carbocycles. The molecule has 0 aliphatic heterocycles. The number of imidazole rings is 1. The van der Waals surface area contributed by atoms with Crippen molar-refractivity contribution in [3.63, 3.8) is 0 Å². The summed E-state index contributed by atoms with van der Waals surface area (Å²) >= 11 is 0. The fourth-order valence-electron chi connectivity index (χ4n) is 1.32. The van der Waals surface area contributed by atoms with Crippen LogP contribution in [0, 0.1) is 6.92 Å². The van der Waals surface area contributed by atoms with E-state index in [1.54, 1.807) is 22.9 Å². The SMILES string of the molecule is Cc1cc(C(=O)O)n2ccnc2c1. The summed E-state index contributed by atoms with van der Waals surface area (Å²) in [6.07, 6.45) is 3.22. The van der Waals surface area contributed by atoms with Gasteiger partial charge in [-0.2, -0.15) is 0 Å². The summed E-state index contributed by atoms with van der Waals surface area (Å²) < 4.78 is 1.55. The van der Waals surface area contributed by atoms with E-state index in [1.807, 2.05) is 13.0 Å². The van der Waals surface area contributed by atoms with E-state index in [-0.39, 0.29) is 5.69 Å². The normalized spacial score (nSPS) is 10.5. The number of hydrogen-bond donors (Lipinski definition) is 1. The molecule has 0 aromatic carbocycles. The Hall–Kier alpha value is -1.84. The Morgan fingerprint density at radius 2 is 2.31 bits per heavy atom. The molecule has 4 heteroatoms. The summed E-state index contributed by atoms with van der Waals surface area (Å²) in [6.45, 7) is 1.85. The van der Waals surface area contributed by atoms with Gasteiger partial charge < -0.3 is 5.11 Å². The van der Waals surface area contributed by atoms with Gasteiger partial charge >= 0.3 is 5.97 Å². The highest BCUT2D eigenvalue weighted by atomic mass is 16.4. The molecule has 0 radical (unpaired) electrons. The van der Waals surface area contributed by atoms with E-state index in [9.17, 15) is 4.79 Å². The molecule has 2 aromatic heterocycles. The lowest BCUT2D eigenvalue weighted by molar-refractivity contribution is 0.0688. The van der Waals surface area contributed by atoms with Crippen LogP contribution in [0.4, 0.5) is 0 Å². The molecule has 0 aliphatic rings. The molecule has 1 N–H and O–H groups in total. The lowest BCUT2D eigenvalue weighted by atomic mass is 10.2. The highest BCUT2D eigenvalue weighted by molar-refractivity contribution is 5.86. The topological polar surface area (TPSA) is 54.6 Å². The Morgan fingerprint density at radius 3 is 3.00 bits per heavy atom. The van der Waals surface area contributed by atoms with Crippen molar-refractivity contribution in [1.82, 2.24) is 9.38 Å². The van der Waals surface area contributed by atoms with Crippen molar-refractivity contribution < 1.29 is 9.90 Å². The number of pyridine rings is 1. The third-order valence-corrected chi connectivity index (χ3v) is 1.87. The van der Waals surface area contributed by atoms with Crippen LogP contribution in [0.5, 0.6) is 0 Å². The average Bonchev–Trinajstić information content (AvgIpc) is 2.49. The summed E-state index contributed by atoms with van der Waals surface area (Å²) in [7, 11) is 0. The molecule has 66 valence electrons. The molecule has 2 aromatic rings. The van der Waals surface area contributed by atoms with Crippen LogP contribution < -0.4 is 0 Å². The van der Waals surface area contributed by atoms with Crippen LogP contribution in [0.25, 0.3) is 5.65 Å². The Morgan fingerprint density at radius 1 is 1.54 bits per heavy atom. The zero-order valence-corrected chi connectivity index (χ0v) is 7.06. The number of rotatable bonds is 1. The number of nitrogens with zero attached hydrogens (tertiary/aromatic N) is 2. The first-order valence-corrected chi connectivity index (χ1v) is 3.85. The van der Waals surface area contributed by atoms with E-state index in [1.165, 1.54) is 0 Å². The van der Waals surface area contributed by atoms with Crippen LogP contribution in [0.15, 0.2) is 24.5 Å². The van der Waals surface area contributed by atoms with Crippen LogP contribution in [0.3, 0.4) is 0 Å². The molecule has 2 heterocycles. The number of hydrogen-bond acceptors (Lipinski definition) is 2. The van der Waals surface area contributed by atoms with Crippen molar-refractivity contribution >= 4 is 11.6 Å². The predicted molar refractivity (Wildman–Crippen MR) is 46.9 cm³/mol. The number of carboxylic acid groups (broad SMARTS) is 1. The van der Waals surface area contributed by atoms with Gasteiger partial charge in [0.25, 0.3) is 0 Å². The maximum Gasteiger partial charge on any atom is 0.352 e. The van der Waals surface area contributed by atoms with E-state index in [0.29, 0.717) is 5.65 Å². The van der Waals surface area contributed by atoms with Crippen LogP contribution >= 0.6 is 0 Å². The Labute approximate surface area is 74.5 Å². The summed E-state index contributed by atoms with van der Waals surface area (Å²) in [6, 6.07) is 3.46. The first kappa shape index (κ1) is 7.79. The summed E-state index contributed by atoms with van der Waals surface area (Å²) in [5, 5.41) is 8.88. The van der Waals surface area contributed by atoms with Gasteiger partial charge in [0.1, 0.15) is 11.3 Å². The largest absolute Gasteiger partial charge is 0.477 e. The van der Waals surface area contributed by atoms with Crippen LogP contribution in [-0.2, 0) is 0 Å². The third kappa shape index (κ3) is 1.16. The van der Waals surface area contributed by atoms with Crippen molar-refractivity contribution in [2.24, 2.45) is 0 Å². The van der Waals surface area contributed by atoms with Gasteiger partial charge in [0.05, 0.1) is 0 Å². The van der Waals surface area contributed by atoms with E-state index in [0.717, 1.165) is 5.56 Å². The zero-order valence-electron chi connectivity index (χ0n) is 7.06. The van der Waals surface area contributed by atoms with Crippen molar-refractivity contribution in [1.29, 1.82) is 0 Å². The van der Waals surface area contributed by atoms with Gasteiger partial charge in [0, 0.05) is 12.4 Å². The molecule has 2 rings (SSSR count). The molecule has 0 saturated heterocycles. The second-order valence-electron chi connectivity index (χ2n) is 2.88. The Bertz CT molecular complexity index is 473. The highest BCUT2D eigenvalue weighted by Crippen LogP contribution is 2.09. The standard InChI is InChI=1S/C9H8N2O2/c1-6-4-7(9(12)13)11-3-2-10-8(11)5-6/h2-5H,1H3,(H,12,13). The molecular formula is C9H8N2O2. The van der Waals surface area contributed by atoms with E-state index >= 15 is 0 Å². The summed E-state index contributed by atoms with van der Waals surface area (Å²) in [5.41, 5.74) is 1.81. The molecule has 4 nitrogen and oxygen atoms in total. The minimum atomic E-state index is -0.938. The van der Waals surface area contributed by atoms with Gasteiger partial charge in [0.2, 0.25) is 0 Å². The van der Waals surface area contributed by atoms with Crippen molar-refractivity contribution in [3.8, 4) is 0 Å². The van der Waals surface area contributed by atoms with Gasteiger partial charge in [0.15, 0.2) is 0 Å². The summed E-state index contributed by atoms with van der Waals surface area (Å²) in [5.74, 6) is -0.938. The minimum absolute atomic E-state index is 0.243. The smallest absolute Gasteiger partial charge is 0.352 e. The molecule has 0 fully saturated rings. The fourth-order valence-corrected chi connectivity index (χ4v) is 1.32. The third-order valence-electron chi connectivity index (χ3n) is 1.87. The molecule has 0 spiro atoms. The first-order chi connectivity index (χ1) is 6.18. The van der Waals surface area contributed by atoms with Crippen LogP contribution in [0.2, 0.25) is 0 Å². The monoisotopic (exact) mass is 176 g/mol. The lowest BCUT2D eigenvalue weighted by Gasteiger charge is -2.01. The maximum atomic E-state index is 10.8. The number of aryl methyl sites for hydroxylation is 1. The molecule has 0 aliphatic carbocycles. The van der Waals surface area contributed by atoms with Crippen LogP contribution in [0.1, 0.15) is 16.1 Å². The van der Waals surface area contributed by atoms with Gasteiger partial charge in [-0.15, -0.1) is 0 Å². The number of aromatic carboxylic acids is 1. The average molecular weight is 176 g/mol. The van der Waals surface area contributed by atoms with Gasteiger partial charge in [-0.05, 0) is 24.6 Å². The maximum absolute atomic E-state index is 10.8. The molecule has 0 bridgehead atoms. The first-order valence-electron chi connectivity index (χ1n) is 3.85. The Kier molecular flexibility index (Phi) is 1.55. The molecule has 13 heavy (non-hydrogen) atoms. The van der Waals surface area contributed by atoms with Crippen molar-refractivity contribution in [3.05, 3.63) is 35.8 Å². The molecule has 0 atom stereocenters. The quantitative estimate of drug-likeness (QED) is 0.713. The number of carbonyl (C=O) groups is 1. The van der Waals surface area contributed by atoms with Gasteiger partial charge in [-0.1, -0.05) is 0 Å². The second kappa shape index (κ2) is 2.58. The van der Waals surface area contributed by atoms with Gasteiger partial charge in [-0.25, -0.2) is 9.78 Å². The van der Waals surface area contributed by atoms with Crippen LogP contribution in [-0.4, -0.2) is 20.5 Å². The number of aromatic nitrogens is 2. The highest BCUT2D eigenvalue weighted by Gasteiger charge is 2.08. The number of fused-ring (bicyclic) bond motifs is 1. The molecular weight excluding hydrogens is 168 g/mol. The van der Waals surface area contributed by atoms with Crippen molar-refractivity contribution in [2.75, 3.05) is 0 Å².